The van der Waals surface area contributed by atoms with Crippen molar-refractivity contribution >= 4 is 60.5 Å². The number of hydrogen-bond acceptors (Lipinski definition) is 7. The Morgan fingerprint density at radius 1 is 0.912 bits per heavy atom. The maximum absolute atomic E-state index is 13.2. The second-order valence-electron chi connectivity index (χ2n) is 8.75. The minimum absolute atomic E-state index is 0.0464. The van der Waals surface area contributed by atoms with Gasteiger partial charge in [-0.2, -0.15) is 4.98 Å². The van der Waals surface area contributed by atoms with Crippen molar-refractivity contribution in [1.29, 1.82) is 0 Å². The van der Waals surface area contributed by atoms with Gasteiger partial charge in [-0.25, -0.2) is 9.78 Å². The first-order valence-corrected chi connectivity index (χ1v) is 13.1. The standard InChI is InChI=1S/C24H25Br2N5O3/c1-15-11-20(29-5-3-2-4-6-29)28-24(27-15)31-9-7-30(8-10-31)22(32)18-13-16-12-17(25)14-19(26)21(16)34-23(18)33/h11-14H,2-10H2,1H3. The molecule has 0 unspecified atom stereocenters. The monoisotopic (exact) mass is 589 g/mol. The minimum atomic E-state index is -0.629. The molecular weight excluding hydrogens is 566 g/mol. The summed E-state index contributed by atoms with van der Waals surface area (Å²) in [6, 6.07) is 7.28. The van der Waals surface area contributed by atoms with Gasteiger partial charge in [0.2, 0.25) is 5.95 Å². The Labute approximate surface area is 214 Å². The Morgan fingerprint density at radius 3 is 2.38 bits per heavy atom. The molecule has 0 bridgehead atoms. The Morgan fingerprint density at radius 2 is 1.65 bits per heavy atom. The molecule has 0 N–H and O–H groups in total. The van der Waals surface area contributed by atoms with E-state index < -0.39 is 5.63 Å². The number of hydrogen-bond donors (Lipinski definition) is 0. The molecular formula is C24H25Br2N5O3. The molecule has 34 heavy (non-hydrogen) atoms. The molecule has 2 saturated heterocycles. The number of aryl methyl sites for hydroxylation is 1. The van der Waals surface area contributed by atoms with Crippen molar-refractivity contribution in [1.82, 2.24) is 14.9 Å². The van der Waals surface area contributed by atoms with Crippen LogP contribution in [-0.2, 0) is 0 Å². The van der Waals surface area contributed by atoms with E-state index in [0.717, 1.165) is 29.1 Å². The first-order valence-electron chi connectivity index (χ1n) is 11.5. The molecule has 178 valence electrons. The molecule has 0 spiro atoms. The quantitative estimate of drug-likeness (QED) is 0.419. The van der Waals surface area contributed by atoms with E-state index in [9.17, 15) is 9.59 Å². The summed E-state index contributed by atoms with van der Waals surface area (Å²) in [5, 5.41) is 0.682. The summed E-state index contributed by atoms with van der Waals surface area (Å²) < 4.78 is 6.94. The third-order valence-corrected chi connectivity index (χ3v) is 7.39. The van der Waals surface area contributed by atoms with Crippen LogP contribution in [-0.4, -0.2) is 60.0 Å². The van der Waals surface area contributed by atoms with Gasteiger partial charge in [-0.05, 0) is 60.3 Å². The van der Waals surface area contributed by atoms with Crippen LogP contribution >= 0.6 is 31.9 Å². The zero-order valence-electron chi connectivity index (χ0n) is 18.9. The maximum atomic E-state index is 13.2. The topological polar surface area (TPSA) is 82.8 Å². The lowest BCUT2D eigenvalue weighted by Gasteiger charge is -2.35. The fourth-order valence-electron chi connectivity index (χ4n) is 4.55. The van der Waals surface area contributed by atoms with Gasteiger partial charge in [0, 0.05) is 60.9 Å². The SMILES string of the molecule is Cc1cc(N2CCCCC2)nc(N2CCN(C(=O)c3cc4cc(Br)cc(Br)c4oc3=O)CC2)n1. The number of fused-ring (bicyclic) bond motifs is 1. The van der Waals surface area contributed by atoms with Crippen LogP contribution in [0.3, 0.4) is 0 Å². The summed E-state index contributed by atoms with van der Waals surface area (Å²) in [6.45, 7) is 6.21. The molecule has 0 radical (unpaired) electrons. The van der Waals surface area contributed by atoms with Crippen molar-refractivity contribution in [2.45, 2.75) is 26.2 Å². The number of benzene rings is 1. The predicted octanol–water partition coefficient (Wildman–Crippen LogP) is 4.37. The summed E-state index contributed by atoms with van der Waals surface area (Å²) in [5.74, 6) is 1.37. The van der Waals surface area contributed by atoms with Crippen LogP contribution in [0.1, 0.15) is 35.3 Å². The normalized spacial score (nSPS) is 16.9. The van der Waals surface area contributed by atoms with Crippen molar-refractivity contribution in [2.24, 2.45) is 0 Å². The van der Waals surface area contributed by atoms with E-state index >= 15 is 0 Å². The average molecular weight is 591 g/mol. The molecule has 2 fully saturated rings. The van der Waals surface area contributed by atoms with E-state index in [0.29, 0.717) is 47.6 Å². The van der Waals surface area contributed by atoms with E-state index in [1.54, 1.807) is 17.0 Å². The van der Waals surface area contributed by atoms with Crippen molar-refractivity contribution in [3.63, 3.8) is 0 Å². The van der Waals surface area contributed by atoms with E-state index in [2.05, 4.69) is 46.6 Å². The molecule has 5 rings (SSSR count). The minimum Gasteiger partial charge on any atom is -0.421 e. The van der Waals surface area contributed by atoms with Gasteiger partial charge >= 0.3 is 5.63 Å². The van der Waals surface area contributed by atoms with Crippen LogP contribution in [0.15, 0.2) is 42.4 Å². The summed E-state index contributed by atoms with van der Waals surface area (Å²) >= 11 is 6.84. The fourth-order valence-corrected chi connectivity index (χ4v) is 5.89. The Balaban J connectivity index is 1.32. The molecule has 8 nitrogen and oxygen atoms in total. The van der Waals surface area contributed by atoms with Crippen molar-refractivity contribution in [3.8, 4) is 0 Å². The highest BCUT2D eigenvalue weighted by Gasteiger charge is 2.27. The summed E-state index contributed by atoms with van der Waals surface area (Å²) in [7, 11) is 0. The first-order chi connectivity index (χ1) is 16.4. The van der Waals surface area contributed by atoms with Crippen LogP contribution < -0.4 is 15.4 Å². The summed E-state index contributed by atoms with van der Waals surface area (Å²) in [5.41, 5.74) is 0.784. The summed E-state index contributed by atoms with van der Waals surface area (Å²) in [6.07, 6.45) is 3.65. The fraction of sp³-hybridized carbons (Fsp3) is 0.417. The highest BCUT2D eigenvalue weighted by atomic mass is 79.9. The van der Waals surface area contributed by atoms with Crippen LogP contribution in [0.4, 0.5) is 11.8 Å². The summed E-state index contributed by atoms with van der Waals surface area (Å²) in [4.78, 5) is 41.4. The molecule has 2 aliphatic rings. The lowest BCUT2D eigenvalue weighted by atomic mass is 10.1. The second-order valence-corrected chi connectivity index (χ2v) is 10.5. The molecule has 4 heterocycles. The van der Waals surface area contributed by atoms with Crippen LogP contribution in [0.25, 0.3) is 11.0 Å². The maximum Gasteiger partial charge on any atom is 0.349 e. The number of aromatic nitrogens is 2. The zero-order valence-corrected chi connectivity index (χ0v) is 22.1. The van der Waals surface area contributed by atoms with Crippen molar-refractivity contribution in [3.05, 3.63) is 54.9 Å². The molecule has 2 aliphatic heterocycles. The second kappa shape index (κ2) is 9.65. The number of nitrogens with zero attached hydrogens (tertiary/aromatic N) is 5. The van der Waals surface area contributed by atoms with Gasteiger partial charge < -0.3 is 19.1 Å². The molecule has 0 saturated carbocycles. The Kier molecular flexibility index (Phi) is 6.61. The van der Waals surface area contributed by atoms with Crippen LogP contribution in [0.2, 0.25) is 0 Å². The Bertz CT molecular complexity index is 1300. The number of rotatable bonds is 3. The van der Waals surface area contributed by atoms with Gasteiger partial charge in [0.05, 0.1) is 4.47 Å². The number of piperidine rings is 1. The van der Waals surface area contributed by atoms with E-state index in [1.807, 2.05) is 19.1 Å². The third kappa shape index (κ3) is 4.70. The van der Waals surface area contributed by atoms with Crippen molar-refractivity contribution in [2.75, 3.05) is 49.1 Å². The van der Waals surface area contributed by atoms with Crippen LogP contribution in [0, 0.1) is 6.92 Å². The molecule has 1 aromatic carbocycles. The van der Waals surface area contributed by atoms with Crippen LogP contribution in [0.5, 0.6) is 0 Å². The number of amides is 1. The number of carbonyl (C=O) groups excluding carboxylic acids is 1. The van der Waals surface area contributed by atoms with E-state index in [-0.39, 0.29) is 11.5 Å². The lowest BCUT2D eigenvalue weighted by Crippen LogP contribution is -2.50. The first kappa shape index (κ1) is 23.3. The van der Waals surface area contributed by atoms with Gasteiger partial charge in [-0.1, -0.05) is 15.9 Å². The molecule has 10 heteroatoms. The van der Waals surface area contributed by atoms with Gasteiger partial charge in [-0.15, -0.1) is 0 Å². The molecule has 3 aromatic rings. The number of anilines is 2. The van der Waals surface area contributed by atoms with Gasteiger partial charge in [0.1, 0.15) is 11.4 Å². The largest absolute Gasteiger partial charge is 0.421 e. The number of halogens is 2. The van der Waals surface area contributed by atoms with Gasteiger partial charge in [0.25, 0.3) is 5.91 Å². The number of carbonyl (C=O) groups is 1. The van der Waals surface area contributed by atoms with E-state index in [4.69, 9.17) is 9.40 Å². The highest BCUT2D eigenvalue weighted by molar-refractivity contribution is 9.11. The predicted molar refractivity (Wildman–Crippen MR) is 139 cm³/mol. The van der Waals surface area contributed by atoms with Gasteiger partial charge in [0.15, 0.2) is 5.58 Å². The lowest BCUT2D eigenvalue weighted by molar-refractivity contribution is 0.0742. The molecule has 1 amide bonds. The highest BCUT2D eigenvalue weighted by Crippen LogP contribution is 2.28. The molecule has 0 atom stereocenters. The number of piperazine rings is 1. The average Bonchev–Trinajstić information content (AvgIpc) is 2.84. The Hall–Kier alpha value is -2.46. The smallest absolute Gasteiger partial charge is 0.349 e. The zero-order chi connectivity index (χ0) is 23.8. The molecule has 2 aromatic heterocycles. The van der Waals surface area contributed by atoms with Crippen molar-refractivity contribution < 1.29 is 9.21 Å². The van der Waals surface area contributed by atoms with Gasteiger partial charge in [-0.3, -0.25) is 4.79 Å². The molecule has 0 aliphatic carbocycles. The van der Waals surface area contributed by atoms with E-state index in [1.165, 1.54) is 19.3 Å². The third-order valence-electron chi connectivity index (χ3n) is 6.34.